The van der Waals surface area contributed by atoms with Gasteiger partial charge in [-0.15, -0.1) is 5.10 Å². The van der Waals surface area contributed by atoms with Crippen LogP contribution in [0, 0.1) is 5.92 Å². The molecule has 2 aromatic rings. The molecule has 3 rings (SSSR count). The maximum Gasteiger partial charge on any atom is 0.290 e. The maximum atomic E-state index is 11.8. The predicted molar refractivity (Wildman–Crippen MR) is 86.5 cm³/mol. The van der Waals surface area contributed by atoms with Crippen molar-refractivity contribution in [2.75, 3.05) is 25.0 Å². The van der Waals surface area contributed by atoms with Crippen LogP contribution >= 0.6 is 0 Å². The van der Waals surface area contributed by atoms with Crippen molar-refractivity contribution in [1.82, 2.24) is 19.9 Å². The Bertz CT molecular complexity index is 706. The summed E-state index contributed by atoms with van der Waals surface area (Å²) < 4.78 is 1.75. The number of rotatable bonds is 3. The fourth-order valence-corrected chi connectivity index (χ4v) is 2.97. The summed E-state index contributed by atoms with van der Waals surface area (Å²) in [7, 11) is 1.59. The number of hydrogen-bond acceptors (Lipinski definition) is 4. The molecular weight excluding hydrogens is 278 g/mol. The van der Waals surface area contributed by atoms with Crippen LogP contribution in [0.25, 0.3) is 5.65 Å². The minimum absolute atomic E-state index is 0.219. The number of amides is 1. The maximum absolute atomic E-state index is 11.8. The van der Waals surface area contributed by atoms with Crippen molar-refractivity contribution < 1.29 is 4.79 Å². The topological polar surface area (TPSA) is 62.5 Å². The third-order valence-corrected chi connectivity index (χ3v) is 4.29. The summed E-state index contributed by atoms with van der Waals surface area (Å²) in [6, 6.07) is 2.19. The second-order valence-corrected chi connectivity index (χ2v) is 6.43. The fourth-order valence-electron chi connectivity index (χ4n) is 2.97. The fraction of sp³-hybridized carbons (Fsp3) is 0.562. The second kappa shape index (κ2) is 5.59. The van der Waals surface area contributed by atoms with Crippen LogP contribution in [0.4, 0.5) is 5.69 Å². The normalized spacial score (nSPS) is 18.4. The first kappa shape index (κ1) is 14.8. The highest BCUT2D eigenvalue weighted by molar-refractivity contribution is 5.90. The number of carbonyl (C=O) groups excluding carboxylic acids is 1. The summed E-state index contributed by atoms with van der Waals surface area (Å²) in [5, 5.41) is 6.92. The monoisotopic (exact) mass is 301 g/mol. The van der Waals surface area contributed by atoms with Crippen LogP contribution in [0.2, 0.25) is 0 Å². The van der Waals surface area contributed by atoms with E-state index < -0.39 is 0 Å². The van der Waals surface area contributed by atoms with Gasteiger partial charge in [-0.1, -0.05) is 20.8 Å². The molecule has 1 atom stereocenters. The Hall–Kier alpha value is -2.11. The molecule has 0 spiro atoms. The lowest BCUT2D eigenvalue weighted by molar-refractivity contribution is 0.0953. The van der Waals surface area contributed by atoms with Gasteiger partial charge in [0.1, 0.15) is 0 Å². The molecule has 0 aromatic carbocycles. The molecule has 2 aromatic heterocycles. The zero-order chi connectivity index (χ0) is 15.9. The Kier molecular flexibility index (Phi) is 3.76. The van der Waals surface area contributed by atoms with E-state index in [2.05, 4.69) is 47.1 Å². The van der Waals surface area contributed by atoms with Gasteiger partial charge in [-0.3, -0.25) is 4.79 Å². The quantitative estimate of drug-likeness (QED) is 0.942. The first-order valence-electron chi connectivity index (χ1n) is 7.87. The summed E-state index contributed by atoms with van der Waals surface area (Å²) >= 11 is 0. The summed E-state index contributed by atoms with van der Waals surface area (Å²) in [6.07, 6.45) is 3.20. The summed E-state index contributed by atoms with van der Waals surface area (Å²) in [5.41, 5.74) is 3.05. The van der Waals surface area contributed by atoms with Crippen LogP contribution in [-0.4, -0.2) is 40.6 Å². The van der Waals surface area contributed by atoms with Crippen molar-refractivity contribution in [3.8, 4) is 0 Å². The molecule has 1 fully saturated rings. The zero-order valence-corrected chi connectivity index (χ0v) is 13.6. The van der Waals surface area contributed by atoms with Gasteiger partial charge in [0.15, 0.2) is 5.65 Å². The number of nitrogens with one attached hydrogen (secondary N) is 1. The van der Waals surface area contributed by atoms with Gasteiger partial charge in [-0.25, -0.2) is 9.50 Å². The Balaban J connectivity index is 2.10. The van der Waals surface area contributed by atoms with Crippen LogP contribution in [-0.2, 0) is 0 Å². The summed E-state index contributed by atoms with van der Waals surface area (Å²) in [5.74, 6) is 1.01. The second-order valence-electron chi connectivity index (χ2n) is 6.43. The van der Waals surface area contributed by atoms with E-state index in [1.165, 1.54) is 6.42 Å². The van der Waals surface area contributed by atoms with Gasteiger partial charge in [0.2, 0.25) is 5.82 Å². The average molecular weight is 301 g/mol. The molecule has 0 radical (unpaired) electrons. The first-order valence-corrected chi connectivity index (χ1v) is 7.87. The van der Waals surface area contributed by atoms with E-state index in [0.717, 1.165) is 35.9 Å². The van der Waals surface area contributed by atoms with E-state index in [4.69, 9.17) is 0 Å². The highest BCUT2D eigenvalue weighted by Crippen LogP contribution is 2.28. The average Bonchev–Trinajstić information content (AvgIpc) is 3.10. The van der Waals surface area contributed by atoms with Gasteiger partial charge in [0.25, 0.3) is 5.91 Å². The van der Waals surface area contributed by atoms with Crippen molar-refractivity contribution in [2.45, 2.75) is 33.1 Å². The number of aromatic nitrogens is 3. The lowest BCUT2D eigenvalue weighted by atomic mass is 10.0. The van der Waals surface area contributed by atoms with Crippen LogP contribution in [0.15, 0.2) is 12.3 Å². The molecule has 6 heteroatoms. The molecular formula is C16H23N5O. The molecule has 1 aliphatic heterocycles. The van der Waals surface area contributed by atoms with Crippen LogP contribution in [0.5, 0.6) is 0 Å². The van der Waals surface area contributed by atoms with Gasteiger partial charge in [0.05, 0.1) is 11.9 Å². The third kappa shape index (κ3) is 2.53. The van der Waals surface area contributed by atoms with Gasteiger partial charge >= 0.3 is 0 Å². The molecule has 1 saturated heterocycles. The third-order valence-electron chi connectivity index (χ3n) is 4.29. The molecule has 0 bridgehead atoms. The molecule has 1 N–H and O–H groups in total. The zero-order valence-electron chi connectivity index (χ0n) is 13.6. The molecule has 118 valence electrons. The smallest absolute Gasteiger partial charge is 0.290 e. The highest BCUT2D eigenvalue weighted by Gasteiger charge is 2.22. The van der Waals surface area contributed by atoms with E-state index in [1.807, 2.05) is 6.20 Å². The van der Waals surface area contributed by atoms with Crippen LogP contribution in [0.1, 0.15) is 49.3 Å². The Morgan fingerprint density at radius 1 is 1.45 bits per heavy atom. The first-order chi connectivity index (χ1) is 10.5. The SMILES string of the molecule is CNC(=O)c1nc2c(C(C)C)cc(N3CCC(C)C3)cn2n1. The lowest BCUT2D eigenvalue weighted by Crippen LogP contribution is -2.20. The highest BCUT2D eigenvalue weighted by atomic mass is 16.2. The summed E-state index contributed by atoms with van der Waals surface area (Å²) in [4.78, 5) is 18.6. The molecule has 3 heterocycles. The van der Waals surface area contributed by atoms with E-state index in [9.17, 15) is 4.79 Å². The number of pyridine rings is 1. The molecule has 0 saturated carbocycles. The predicted octanol–water partition coefficient (Wildman–Crippen LogP) is 2.06. The number of fused-ring (bicyclic) bond motifs is 1. The number of nitrogens with zero attached hydrogens (tertiary/aromatic N) is 4. The van der Waals surface area contributed by atoms with Crippen molar-refractivity contribution in [1.29, 1.82) is 0 Å². The minimum Gasteiger partial charge on any atom is -0.370 e. The largest absolute Gasteiger partial charge is 0.370 e. The van der Waals surface area contributed by atoms with Crippen LogP contribution < -0.4 is 10.2 Å². The van der Waals surface area contributed by atoms with E-state index in [0.29, 0.717) is 5.92 Å². The number of carbonyl (C=O) groups is 1. The molecule has 1 unspecified atom stereocenters. The Morgan fingerprint density at radius 2 is 2.23 bits per heavy atom. The van der Waals surface area contributed by atoms with E-state index in [1.54, 1.807) is 11.6 Å². The Labute approximate surface area is 130 Å². The molecule has 0 aliphatic carbocycles. The van der Waals surface area contributed by atoms with Crippen molar-refractivity contribution in [2.24, 2.45) is 5.92 Å². The van der Waals surface area contributed by atoms with E-state index in [-0.39, 0.29) is 11.7 Å². The number of hydrogen-bond donors (Lipinski definition) is 1. The lowest BCUT2D eigenvalue weighted by Gasteiger charge is -2.20. The number of anilines is 1. The van der Waals surface area contributed by atoms with Crippen molar-refractivity contribution in [3.05, 3.63) is 23.7 Å². The standard InChI is InChI=1S/C16H23N5O/c1-10(2)13-7-12(20-6-5-11(3)8-20)9-21-15(13)18-14(19-21)16(22)17-4/h7,9-11H,5-6,8H2,1-4H3,(H,17,22). The van der Waals surface area contributed by atoms with E-state index >= 15 is 0 Å². The van der Waals surface area contributed by atoms with Gasteiger partial charge in [0, 0.05) is 25.7 Å². The molecule has 6 nitrogen and oxygen atoms in total. The minimum atomic E-state index is -0.255. The summed E-state index contributed by atoms with van der Waals surface area (Å²) in [6.45, 7) is 8.70. The van der Waals surface area contributed by atoms with Crippen LogP contribution in [0.3, 0.4) is 0 Å². The van der Waals surface area contributed by atoms with Gasteiger partial charge in [-0.05, 0) is 24.3 Å². The van der Waals surface area contributed by atoms with Crippen molar-refractivity contribution in [3.63, 3.8) is 0 Å². The van der Waals surface area contributed by atoms with Crippen molar-refractivity contribution >= 4 is 17.2 Å². The van der Waals surface area contributed by atoms with Gasteiger partial charge in [-0.2, -0.15) is 0 Å². The Morgan fingerprint density at radius 3 is 2.82 bits per heavy atom. The molecule has 22 heavy (non-hydrogen) atoms. The van der Waals surface area contributed by atoms with Gasteiger partial charge < -0.3 is 10.2 Å². The molecule has 1 amide bonds. The molecule has 1 aliphatic rings.